The first-order valence-corrected chi connectivity index (χ1v) is 6.66. The minimum atomic E-state index is 0.101. The van der Waals surface area contributed by atoms with E-state index in [0.29, 0.717) is 12.0 Å². The fraction of sp³-hybridized carbons (Fsp3) is 0.923. The summed E-state index contributed by atoms with van der Waals surface area (Å²) in [6.45, 7) is 5.80. The Morgan fingerprint density at radius 2 is 2.00 bits per heavy atom. The van der Waals surface area contributed by atoms with E-state index in [1.54, 1.807) is 14.2 Å². The summed E-state index contributed by atoms with van der Waals surface area (Å²) in [5, 5.41) is 3.55. The van der Waals surface area contributed by atoms with Crippen molar-refractivity contribution in [2.24, 2.45) is 5.92 Å². The zero-order valence-corrected chi connectivity index (χ0v) is 11.8. The lowest BCUT2D eigenvalue weighted by molar-refractivity contribution is -0.136. The van der Waals surface area contributed by atoms with Crippen LogP contribution in [0.4, 0.5) is 0 Å². The van der Waals surface area contributed by atoms with Gasteiger partial charge in [-0.1, -0.05) is 6.92 Å². The Bertz CT molecular complexity index is 240. The van der Waals surface area contributed by atoms with Crippen LogP contribution in [0.2, 0.25) is 0 Å². The Morgan fingerprint density at radius 1 is 1.33 bits per heavy atom. The van der Waals surface area contributed by atoms with Crippen LogP contribution in [0, 0.1) is 5.92 Å². The quantitative estimate of drug-likeness (QED) is 0.722. The monoisotopic (exact) mass is 258 g/mol. The van der Waals surface area contributed by atoms with Crippen molar-refractivity contribution in [3.8, 4) is 0 Å². The van der Waals surface area contributed by atoms with Crippen LogP contribution in [0.3, 0.4) is 0 Å². The second-order valence-electron chi connectivity index (χ2n) is 5.06. The Labute approximate surface area is 110 Å². The molecule has 1 unspecified atom stereocenters. The van der Waals surface area contributed by atoms with Gasteiger partial charge < -0.3 is 19.7 Å². The van der Waals surface area contributed by atoms with Crippen molar-refractivity contribution in [2.75, 3.05) is 47.1 Å². The zero-order valence-electron chi connectivity index (χ0n) is 11.8. The van der Waals surface area contributed by atoms with E-state index < -0.39 is 0 Å². The lowest BCUT2D eigenvalue weighted by Gasteiger charge is -2.33. The molecule has 1 fully saturated rings. The maximum Gasteiger partial charge on any atom is 0.248 e. The predicted molar refractivity (Wildman–Crippen MR) is 70.5 cm³/mol. The summed E-state index contributed by atoms with van der Waals surface area (Å²) in [6.07, 6.45) is 2.05. The molecule has 1 saturated heterocycles. The van der Waals surface area contributed by atoms with E-state index in [1.165, 1.54) is 0 Å². The molecular formula is C13H26N2O3. The molecule has 1 rings (SSSR count). The van der Waals surface area contributed by atoms with E-state index in [-0.39, 0.29) is 12.5 Å². The van der Waals surface area contributed by atoms with Crippen molar-refractivity contribution in [1.82, 2.24) is 10.2 Å². The number of nitrogens with zero attached hydrogens (tertiary/aromatic N) is 1. The largest absolute Gasteiger partial charge is 0.384 e. The minimum Gasteiger partial charge on any atom is -0.384 e. The Kier molecular flexibility index (Phi) is 7.23. The van der Waals surface area contributed by atoms with Gasteiger partial charge in [-0.3, -0.25) is 4.79 Å². The molecule has 1 N–H and O–H groups in total. The van der Waals surface area contributed by atoms with Gasteiger partial charge in [-0.2, -0.15) is 0 Å². The van der Waals surface area contributed by atoms with Crippen LogP contribution in [-0.4, -0.2) is 63.9 Å². The van der Waals surface area contributed by atoms with Gasteiger partial charge in [0, 0.05) is 46.5 Å². The van der Waals surface area contributed by atoms with Crippen LogP contribution < -0.4 is 5.32 Å². The number of hydrogen-bond acceptors (Lipinski definition) is 4. The summed E-state index contributed by atoms with van der Waals surface area (Å²) in [6, 6.07) is 0.524. The first-order valence-electron chi connectivity index (χ1n) is 6.66. The van der Waals surface area contributed by atoms with Crippen LogP contribution in [0.1, 0.15) is 19.8 Å². The van der Waals surface area contributed by atoms with E-state index in [1.807, 2.05) is 4.90 Å². The molecule has 1 aliphatic rings. The molecule has 0 aliphatic carbocycles. The minimum absolute atomic E-state index is 0.101. The standard InChI is InChI=1S/C13H26N2O3/c1-11(9-17-2)8-14-12-4-6-15(7-5-12)13(16)10-18-3/h11-12,14H,4-10H2,1-3H3. The van der Waals surface area contributed by atoms with Crippen molar-refractivity contribution in [2.45, 2.75) is 25.8 Å². The highest BCUT2D eigenvalue weighted by Crippen LogP contribution is 2.11. The molecule has 0 radical (unpaired) electrons. The van der Waals surface area contributed by atoms with Crippen LogP contribution >= 0.6 is 0 Å². The number of hydrogen-bond donors (Lipinski definition) is 1. The summed E-state index contributed by atoms with van der Waals surface area (Å²) in [4.78, 5) is 13.5. The molecule has 0 aromatic rings. The smallest absolute Gasteiger partial charge is 0.248 e. The summed E-state index contributed by atoms with van der Waals surface area (Å²) in [5.74, 6) is 0.631. The molecule has 0 saturated carbocycles. The van der Waals surface area contributed by atoms with Gasteiger partial charge in [-0.05, 0) is 18.8 Å². The number of piperidine rings is 1. The normalized spacial score (nSPS) is 18.9. The van der Waals surface area contributed by atoms with E-state index in [0.717, 1.165) is 39.1 Å². The van der Waals surface area contributed by atoms with Crippen molar-refractivity contribution in [1.29, 1.82) is 0 Å². The van der Waals surface area contributed by atoms with E-state index in [9.17, 15) is 4.79 Å². The lowest BCUT2D eigenvalue weighted by Crippen LogP contribution is -2.46. The first-order chi connectivity index (χ1) is 8.67. The van der Waals surface area contributed by atoms with E-state index >= 15 is 0 Å². The molecule has 0 aromatic heterocycles. The highest BCUT2D eigenvalue weighted by atomic mass is 16.5. The fourth-order valence-corrected chi connectivity index (χ4v) is 2.26. The number of amides is 1. The predicted octanol–water partition coefficient (Wildman–Crippen LogP) is 0.496. The number of rotatable bonds is 7. The van der Waals surface area contributed by atoms with Crippen LogP contribution in [0.25, 0.3) is 0 Å². The topological polar surface area (TPSA) is 50.8 Å². The van der Waals surface area contributed by atoms with Gasteiger partial charge in [0.25, 0.3) is 0 Å². The molecule has 5 nitrogen and oxygen atoms in total. The molecule has 1 heterocycles. The number of methoxy groups -OCH3 is 2. The second kappa shape index (κ2) is 8.45. The van der Waals surface area contributed by atoms with Gasteiger partial charge in [0.05, 0.1) is 0 Å². The molecule has 1 aliphatic heterocycles. The lowest BCUT2D eigenvalue weighted by atomic mass is 10.0. The second-order valence-corrected chi connectivity index (χ2v) is 5.06. The molecular weight excluding hydrogens is 232 g/mol. The summed E-state index contributed by atoms with van der Waals surface area (Å²) in [5.41, 5.74) is 0. The molecule has 5 heteroatoms. The van der Waals surface area contributed by atoms with Crippen molar-refractivity contribution >= 4 is 5.91 Å². The zero-order chi connectivity index (χ0) is 13.4. The third kappa shape index (κ3) is 5.33. The van der Waals surface area contributed by atoms with E-state index in [4.69, 9.17) is 9.47 Å². The molecule has 106 valence electrons. The SMILES string of the molecule is COCC(=O)N1CCC(NCC(C)COC)CC1. The Balaban J connectivity index is 2.17. The Morgan fingerprint density at radius 3 is 2.56 bits per heavy atom. The summed E-state index contributed by atoms with van der Waals surface area (Å²) in [7, 11) is 3.29. The van der Waals surface area contributed by atoms with Crippen molar-refractivity contribution in [3.05, 3.63) is 0 Å². The number of nitrogens with one attached hydrogen (secondary N) is 1. The van der Waals surface area contributed by atoms with Crippen molar-refractivity contribution < 1.29 is 14.3 Å². The summed E-state index contributed by atoms with van der Waals surface area (Å²) >= 11 is 0. The maximum absolute atomic E-state index is 11.6. The maximum atomic E-state index is 11.6. The highest BCUT2D eigenvalue weighted by molar-refractivity contribution is 5.77. The van der Waals surface area contributed by atoms with Crippen LogP contribution in [-0.2, 0) is 14.3 Å². The number of ether oxygens (including phenoxy) is 2. The highest BCUT2D eigenvalue weighted by Gasteiger charge is 2.22. The number of likely N-dealkylation sites (tertiary alicyclic amines) is 1. The molecule has 1 atom stereocenters. The Hall–Kier alpha value is -0.650. The van der Waals surface area contributed by atoms with Crippen LogP contribution in [0.15, 0.2) is 0 Å². The van der Waals surface area contributed by atoms with Gasteiger partial charge >= 0.3 is 0 Å². The molecule has 0 aromatic carbocycles. The van der Waals surface area contributed by atoms with Crippen LogP contribution in [0.5, 0.6) is 0 Å². The van der Waals surface area contributed by atoms with Gasteiger partial charge in [-0.15, -0.1) is 0 Å². The number of carbonyl (C=O) groups is 1. The molecule has 1 amide bonds. The van der Waals surface area contributed by atoms with Gasteiger partial charge in [0.2, 0.25) is 5.91 Å². The van der Waals surface area contributed by atoms with Crippen molar-refractivity contribution in [3.63, 3.8) is 0 Å². The molecule has 18 heavy (non-hydrogen) atoms. The number of carbonyl (C=O) groups excluding carboxylic acids is 1. The van der Waals surface area contributed by atoms with Gasteiger partial charge in [0.15, 0.2) is 0 Å². The molecule has 0 spiro atoms. The third-order valence-electron chi connectivity index (χ3n) is 3.32. The average Bonchev–Trinajstić information content (AvgIpc) is 2.37. The van der Waals surface area contributed by atoms with Gasteiger partial charge in [0.1, 0.15) is 6.61 Å². The van der Waals surface area contributed by atoms with Gasteiger partial charge in [-0.25, -0.2) is 0 Å². The first kappa shape index (κ1) is 15.4. The molecule has 0 bridgehead atoms. The third-order valence-corrected chi connectivity index (χ3v) is 3.32. The van der Waals surface area contributed by atoms with E-state index in [2.05, 4.69) is 12.2 Å². The fourth-order valence-electron chi connectivity index (χ4n) is 2.26. The summed E-state index contributed by atoms with van der Waals surface area (Å²) < 4.78 is 9.98. The average molecular weight is 258 g/mol.